The SMILES string of the molecule is COc1ccc2cc(C(=O)Cl)sc(=O)c2c1OC. The number of fused-ring (bicyclic) bond motifs is 1. The van der Waals surface area contributed by atoms with E-state index in [4.69, 9.17) is 21.1 Å². The first-order valence-corrected chi connectivity index (χ1v) is 6.16. The van der Waals surface area contributed by atoms with E-state index in [0.29, 0.717) is 22.3 Å². The van der Waals surface area contributed by atoms with E-state index in [2.05, 4.69) is 0 Å². The molecule has 0 amide bonds. The molecule has 0 aliphatic rings. The molecular formula is C12H9ClO4S. The molecule has 94 valence electrons. The molecule has 6 heteroatoms. The van der Waals surface area contributed by atoms with E-state index in [9.17, 15) is 9.59 Å². The van der Waals surface area contributed by atoms with Gasteiger partial charge in [0, 0.05) is 0 Å². The number of carbonyl (C=O) groups is 1. The first kappa shape index (κ1) is 12.9. The van der Waals surface area contributed by atoms with Crippen LogP contribution in [-0.4, -0.2) is 19.5 Å². The van der Waals surface area contributed by atoms with Crippen molar-refractivity contribution in [2.75, 3.05) is 14.2 Å². The van der Waals surface area contributed by atoms with Gasteiger partial charge in [0.05, 0.1) is 24.5 Å². The van der Waals surface area contributed by atoms with Gasteiger partial charge in [-0.05, 0) is 29.1 Å². The van der Waals surface area contributed by atoms with E-state index in [0.717, 1.165) is 11.3 Å². The van der Waals surface area contributed by atoms with Gasteiger partial charge >= 0.3 is 0 Å². The van der Waals surface area contributed by atoms with Crippen molar-refractivity contribution >= 4 is 39.0 Å². The Bertz CT molecular complexity index is 678. The lowest BCUT2D eigenvalue weighted by Crippen LogP contribution is -2.03. The van der Waals surface area contributed by atoms with E-state index in [-0.39, 0.29) is 9.62 Å². The first-order chi connectivity index (χ1) is 8.58. The van der Waals surface area contributed by atoms with Gasteiger partial charge in [-0.25, -0.2) is 0 Å². The average molecular weight is 285 g/mol. The Morgan fingerprint density at radius 1 is 1.28 bits per heavy atom. The predicted molar refractivity (Wildman–Crippen MR) is 71.4 cm³/mol. The number of methoxy groups -OCH3 is 2. The molecule has 1 heterocycles. The van der Waals surface area contributed by atoms with Crippen LogP contribution in [0.5, 0.6) is 11.5 Å². The number of hydrogen-bond acceptors (Lipinski definition) is 5. The Morgan fingerprint density at radius 2 is 2.00 bits per heavy atom. The molecule has 0 saturated heterocycles. The fourth-order valence-corrected chi connectivity index (χ4v) is 2.64. The van der Waals surface area contributed by atoms with Crippen molar-refractivity contribution in [1.29, 1.82) is 0 Å². The van der Waals surface area contributed by atoms with Crippen LogP contribution in [-0.2, 0) is 0 Å². The molecule has 0 bridgehead atoms. The number of hydrogen-bond donors (Lipinski definition) is 0. The maximum atomic E-state index is 12.0. The quantitative estimate of drug-likeness (QED) is 0.813. The van der Waals surface area contributed by atoms with Crippen molar-refractivity contribution in [3.05, 3.63) is 32.6 Å². The van der Waals surface area contributed by atoms with Gasteiger partial charge in [-0.2, -0.15) is 0 Å². The maximum absolute atomic E-state index is 12.0. The van der Waals surface area contributed by atoms with Gasteiger partial charge in [0.15, 0.2) is 11.5 Å². The van der Waals surface area contributed by atoms with Gasteiger partial charge in [0.2, 0.25) is 4.74 Å². The molecule has 0 spiro atoms. The lowest BCUT2D eigenvalue weighted by atomic mass is 10.1. The zero-order valence-corrected chi connectivity index (χ0v) is 11.2. The molecule has 0 radical (unpaired) electrons. The van der Waals surface area contributed by atoms with Crippen LogP contribution in [0.3, 0.4) is 0 Å². The Hall–Kier alpha value is -1.59. The highest BCUT2D eigenvalue weighted by Gasteiger charge is 2.15. The summed E-state index contributed by atoms with van der Waals surface area (Å²) in [4.78, 5) is 23.3. The highest BCUT2D eigenvalue weighted by molar-refractivity contribution is 7.13. The van der Waals surface area contributed by atoms with E-state index >= 15 is 0 Å². The third-order valence-corrected chi connectivity index (χ3v) is 3.69. The van der Waals surface area contributed by atoms with Crippen molar-refractivity contribution in [2.45, 2.75) is 0 Å². The number of ether oxygens (including phenoxy) is 2. The van der Waals surface area contributed by atoms with Crippen LogP contribution >= 0.6 is 22.9 Å². The highest BCUT2D eigenvalue weighted by Crippen LogP contribution is 2.34. The molecule has 18 heavy (non-hydrogen) atoms. The summed E-state index contributed by atoms with van der Waals surface area (Å²) in [6.45, 7) is 0. The van der Waals surface area contributed by atoms with Crippen LogP contribution < -0.4 is 14.2 Å². The number of carbonyl (C=O) groups excluding carboxylic acids is 1. The largest absolute Gasteiger partial charge is 0.493 e. The van der Waals surface area contributed by atoms with Crippen LogP contribution in [0, 0.1) is 0 Å². The van der Waals surface area contributed by atoms with Gasteiger partial charge < -0.3 is 9.47 Å². The van der Waals surface area contributed by atoms with Gasteiger partial charge in [0.1, 0.15) is 0 Å². The molecule has 1 aromatic heterocycles. The van der Waals surface area contributed by atoms with E-state index < -0.39 is 5.24 Å². The van der Waals surface area contributed by atoms with Crippen molar-refractivity contribution in [3.63, 3.8) is 0 Å². The summed E-state index contributed by atoms with van der Waals surface area (Å²) in [5, 5.41) is 0.345. The summed E-state index contributed by atoms with van der Waals surface area (Å²) < 4.78 is 10.0. The molecule has 2 rings (SSSR count). The van der Waals surface area contributed by atoms with E-state index in [1.807, 2.05) is 0 Å². The normalized spacial score (nSPS) is 10.4. The van der Waals surface area contributed by atoms with E-state index in [1.165, 1.54) is 14.2 Å². The minimum atomic E-state index is -0.645. The third-order valence-electron chi connectivity index (χ3n) is 2.46. The second-order valence-electron chi connectivity index (χ2n) is 3.44. The topological polar surface area (TPSA) is 52.6 Å². The summed E-state index contributed by atoms with van der Waals surface area (Å²) in [6, 6.07) is 4.93. The zero-order chi connectivity index (χ0) is 13.3. The maximum Gasteiger partial charge on any atom is 0.262 e. The first-order valence-electron chi connectivity index (χ1n) is 4.97. The zero-order valence-electron chi connectivity index (χ0n) is 9.65. The number of rotatable bonds is 3. The predicted octanol–water partition coefficient (Wildman–Crippen LogP) is 2.66. The Kier molecular flexibility index (Phi) is 3.54. The summed E-state index contributed by atoms with van der Waals surface area (Å²) in [5.41, 5.74) is 0. The van der Waals surface area contributed by atoms with Crippen molar-refractivity contribution < 1.29 is 14.3 Å². The molecule has 1 aromatic carbocycles. The van der Waals surface area contributed by atoms with Gasteiger partial charge in [0.25, 0.3) is 5.24 Å². The Labute approximate surface area is 112 Å². The van der Waals surface area contributed by atoms with Crippen LogP contribution in [0.25, 0.3) is 10.8 Å². The van der Waals surface area contributed by atoms with Crippen LogP contribution in [0.4, 0.5) is 0 Å². The van der Waals surface area contributed by atoms with Crippen LogP contribution in [0.1, 0.15) is 9.67 Å². The molecule has 0 unspecified atom stereocenters. The third kappa shape index (κ3) is 2.07. The molecule has 0 fully saturated rings. The van der Waals surface area contributed by atoms with Crippen molar-refractivity contribution in [3.8, 4) is 11.5 Å². The molecule has 0 saturated carbocycles. The van der Waals surface area contributed by atoms with Crippen molar-refractivity contribution in [2.24, 2.45) is 0 Å². The lowest BCUT2D eigenvalue weighted by molar-refractivity contribution is 0.108. The second-order valence-corrected chi connectivity index (χ2v) is 4.80. The molecule has 4 nitrogen and oxygen atoms in total. The van der Waals surface area contributed by atoms with Gasteiger partial charge in [-0.3, -0.25) is 9.59 Å². The smallest absolute Gasteiger partial charge is 0.262 e. The summed E-state index contributed by atoms with van der Waals surface area (Å²) in [5.74, 6) is 0.837. The highest BCUT2D eigenvalue weighted by atomic mass is 35.5. The van der Waals surface area contributed by atoms with Gasteiger partial charge in [-0.15, -0.1) is 0 Å². The monoisotopic (exact) mass is 284 g/mol. The summed E-state index contributed by atoms with van der Waals surface area (Å²) >= 11 is 6.18. The Balaban J connectivity index is 2.87. The standard InChI is InChI=1S/C12H9ClO4S/c1-16-7-4-3-6-5-8(11(13)14)18-12(15)9(6)10(7)17-2/h3-5H,1-2H3. The van der Waals surface area contributed by atoms with Crippen LogP contribution in [0.2, 0.25) is 0 Å². The summed E-state index contributed by atoms with van der Waals surface area (Å²) in [6.07, 6.45) is 0. The van der Waals surface area contributed by atoms with E-state index in [1.54, 1.807) is 18.2 Å². The lowest BCUT2D eigenvalue weighted by Gasteiger charge is -2.09. The molecule has 0 atom stereocenters. The fourth-order valence-electron chi connectivity index (χ4n) is 1.69. The molecular weight excluding hydrogens is 276 g/mol. The van der Waals surface area contributed by atoms with Crippen molar-refractivity contribution in [1.82, 2.24) is 0 Å². The Morgan fingerprint density at radius 3 is 2.56 bits per heavy atom. The van der Waals surface area contributed by atoms with Gasteiger partial charge in [-0.1, -0.05) is 17.4 Å². The minimum Gasteiger partial charge on any atom is -0.493 e. The molecule has 2 aromatic rings. The average Bonchev–Trinajstić information content (AvgIpc) is 2.36. The number of halogens is 1. The molecule has 0 aliphatic carbocycles. The molecule has 0 N–H and O–H groups in total. The number of benzene rings is 1. The van der Waals surface area contributed by atoms with Crippen LogP contribution in [0.15, 0.2) is 23.0 Å². The summed E-state index contributed by atoms with van der Waals surface area (Å²) in [7, 11) is 2.95. The molecule has 0 aliphatic heterocycles. The fraction of sp³-hybridized carbons (Fsp3) is 0.167. The second kappa shape index (κ2) is 4.96. The minimum absolute atomic E-state index is 0.210.